The van der Waals surface area contributed by atoms with Crippen LogP contribution in [0, 0.1) is 17.4 Å². The van der Waals surface area contributed by atoms with Crippen molar-refractivity contribution in [3.05, 3.63) is 21.0 Å². The number of halogens is 1. The van der Waals surface area contributed by atoms with Gasteiger partial charge in [0.1, 0.15) is 0 Å². The maximum atomic E-state index is 5.68. The van der Waals surface area contributed by atoms with Crippen molar-refractivity contribution < 1.29 is 0 Å². The van der Waals surface area contributed by atoms with Crippen molar-refractivity contribution in [2.45, 2.75) is 13.8 Å². The Balaban J connectivity index is 3.31. The number of hydrogen-bond acceptors (Lipinski definition) is 2. The summed E-state index contributed by atoms with van der Waals surface area (Å²) < 4.78 is 1.09. The fourth-order valence-electron chi connectivity index (χ4n) is 0.791. The molecule has 0 aliphatic heterocycles. The van der Waals surface area contributed by atoms with Crippen LogP contribution in [0.25, 0.3) is 0 Å². The Morgan fingerprint density at radius 1 is 1.50 bits per heavy atom. The molecule has 1 aromatic heterocycles. The van der Waals surface area contributed by atoms with Gasteiger partial charge in [-0.2, -0.15) is 0 Å². The van der Waals surface area contributed by atoms with E-state index < -0.39 is 0 Å². The van der Waals surface area contributed by atoms with Gasteiger partial charge in [0.25, 0.3) is 0 Å². The third-order valence-corrected chi connectivity index (χ3v) is 2.22. The SMILES string of the molecule is Cc1cc(I)c(N)c(C)n1. The Bertz CT molecular complexity index is 235. The Hall–Kier alpha value is -0.320. The zero-order chi connectivity index (χ0) is 7.72. The molecular weight excluding hydrogens is 239 g/mol. The number of rotatable bonds is 0. The average molecular weight is 248 g/mol. The molecule has 0 saturated heterocycles. The van der Waals surface area contributed by atoms with Gasteiger partial charge in [0.2, 0.25) is 0 Å². The lowest BCUT2D eigenvalue weighted by atomic mass is 10.3. The first-order valence-electron chi connectivity index (χ1n) is 3.00. The lowest BCUT2D eigenvalue weighted by Crippen LogP contribution is -1.97. The van der Waals surface area contributed by atoms with Gasteiger partial charge in [-0.1, -0.05) is 0 Å². The minimum atomic E-state index is 0.797. The predicted molar refractivity (Wildman–Crippen MR) is 50.8 cm³/mol. The summed E-state index contributed by atoms with van der Waals surface area (Å²) in [6.07, 6.45) is 0. The molecule has 0 spiro atoms. The van der Waals surface area contributed by atoms with Crippen LogP contribution in [0.5, 0.6) is 0 Å². The molecule has 0 fully saturated rings. The van der Waals surface area contributed by atoms with Crippen molar-refractivity contribution >= 4 is 28.3 Å². The van der Waals surface area contributed by atoms with Gasteiger partial charge in [-0.15, -0.1) is 0 Å². The molecule has 0 aliphatic rings. The van der Waals surface area contributed by atoms with Crippen LogP contribution in [-0.2, 0) is 0 Å². The zero-order valence-electron chi connectivity index (χ0n) is 5.98. The van der Waals surface area contributed by atoms with Crippen LogP contribution < -0.4 is 5.73 Å². The molecule has 2 N–H and O–H groups in total. The average Bonchev–Trinajstić information content (AvgIpc) is 1.82. The van der Waals surface area contributed by atoms with E-state index in [9.17, 15) is 0 Å². The molecule has 0 atom stereocenters. The molecule has 1 aromatic rings. The first-order valence-corrected chi connectivity index (χ1v) is 4.08. The summed E-state index contributed by atoms with van der Waals surface area (Å²) in [6.45, 7) is 3.89. The lowest BCUT2D eigenvalue weighted by molar-refractivity contribution is 1.12. The van der Waals surface area contributed by atoms with Crippen molar-refractivity contribution in [1.29, 1.82) is 0 Å². The highest BCUT2D eigenvalue weighted by atomic mass is 127. The maximum absolute atomic E-state index is 5.68. The van der Waals surface area contributed by atoms with Crippen LogP contribution >= 0.6 is 22.6 Å². The Morgan fingerprint density at radius 2 is 2.10 bits per heavy atom. The summed E-state index contributed by atoms with van der Waals surface area (Å²) in [7, 11) is 0. The summed E-state index contributed by atoms with van der Waals surface area (Å²) in [6, 6.07) is 1.98. The standard InChI is InChI=1S/C7H9IN2/c1-4-3-6(8)7(9)5(2)10-4/h3H,9H2,1-2H3. The Kier molecular flexibility index (Phi) is 2.13. The quantitative estimate of drug-likeness (QED) is 0.712. The number of aryl methyl sites for hydroxylation is 2. The van der Waals surface area contributed by atoms with Crippen molar-refractivity contribution in [2.75, 3.05) is 5.73 Å². The highest BCUT2D eigenvalue weighted by Gasteiger charge is 1.99. The molecule has 0 unspecified atom stereocenters. The number of hydrogen-bond donors (Lipinski definition) is 1. The molecule has 1 heterocycles. The molecule has 0 amide bonds. The van der Waals surface area contributed by atoms with Gasteiger partial charge in [-0.3, -0.25) is 4.98 Å². The number of nitrogen functional groups attached to an aromatic ring is 1. The molecule has 10 heavy (non-hydrogen) atoms. The van der Waals surface area contributed by atoms with Gasteiger partial charge in [-0.25, -0.2) is 0 Å². The lowest BCUT2D eigenvalue weighted by Gasteiger charge is -2.02. The summed E-state index contributed by atoms with van der Waals surface area (Å²) >= 11 is 2.21. The van der Waals surface area contributed by atoms with E-state index in [4.69, 9.17) is 5.73 Å². The van der Waals surface area contributed by atoms with E-state index in [1.54, 1.807) is 0 Å². The summed E-state index contributed by atoms with van der Waals surface area (Å²) in [5, 5.41) is 0. The number of aromatic nitrogens is 1. The van der Waals surface area contributed by atoms with Crippen LogP contribution in [0.2, 0.25) is 0 Å². The maximum Gasteiger partial charge on any atom is 0.0666 e. The van der Waals surface area contributed by atoms with Gasteiger partial charge in [0, 0.05) is 9.26 Å². The number of pyridine rings is 1. The molecule has 0 bridgehead atoms. The number of nitrogens with two attached hydrogens (primary N) is 1. The minimum Gasteiger partial charge on any atom is -0.396 e. The largest absolute Gasteiger partial charge is 0.396 e. The van der Waals surface area contributed by atoms with Crippen LogP contribution in [0.4, 0.5) is 5.69 Å². The van der Waals surface area contributed by atoms with E-state index in [2.05, 4.69) is 27.6 Å². The van der Waals surface area contributed by atoms with Crippen molar-refractivity contribution in [3.63, 3.8) is 0 Å². The number of nitrogens with zero attached hydrogens (tertiary/aromatic N) is 1. The van der Waals surface area contributed by atoms with Gasteiger partial charge in [-0.05, 0) is 42.5 Å². The summed E-state index contributed by atoms with van der Waals surface area (Å²) in [5.74, 6) is 0. The molecular formula is C7H9IN2. The fourth-order valence-corrected chi connectivity index (χ4v) is 1.63. The van der Waals surface area contributed by atoms with Gasteiger partial charge in [0.05, 0.1) is 11.4 Å². The molecule has 1 rings (SSSR count). The van der Waals surface area contributed by atoms with Crippen LogP contribution in [0.3, 0.4) is 0 Å². The van der Waals surface area contributed by atoms with E-state index in [0.717, 1.165) is 20.6 Å². The van der Waals surface area contributed by atoms with E-state index in [0.29, 0.717) is 0 Å². The topological polar surface area (TPSA) is 38.9 Å². The molecule has 3 heteroatoms. The van der Waals surface area contributed by atoms with E-state index in [1.807, 2.05) is 19.9 Å². The summed E-state index contributed by atoms with van der Waals surface area (Å²) in [4.78, 5) is 4.20. The Morgan fingerprint density at radius 3 is 2.60 bits per heavy atom. The molecule has 0 aliphatic carbocycles. The van der Waals surface area contributed by atoms with Crippen molar-refractivity contribution in [3.8, 4) is 0 Å². The second-order valence-corrected chi connectivity index (χ2v) is 3.41. The molecule has 54 valence electrons. The van der Waals surface area contributed by atoms with Crippen LogP contribution in [0.1, 0.15) is 11.4 Å². The first-order chi connectivity index (χ1) is 4.61. The predicted octanol–water partition coefficient (Wildman–Crippen LogP) is 1.89. The molecule has 0 radical (unpaired) electrons. The van der Waals surface area contributed by atoms with Gasteiger partial charge in [0.15, 0.2) is 0 Å². The normalized spacial score (nSPS) is 9.90. The van der Waals surface area contributed by atoms with E-state index in [1.165, 1.54) is 0 Å². The highest BCUT2D eigenvalue weighted by Crippen LogP contribution is 2.17. The fraction of sp³-hybridized carbons (Fsp3) is 0.286. The first kappa shape index (κ1) is 7.78. The molecule has 0 saturated carbocycles. The van der Waals surface area contributed by atoms with E-state index in [-0.39, 0.29) is 0 Å². The second kappa shape index (κ2) is 2.74. The molecule has 0 aromatic carbocycles. The third kappa shape index (κ3) is 1.39. The molecule has 2 nitrogen and oxygen atoms in total. The number of anilines is 1. The summed E-state index contributed by atoms with van der Waals surface area (Å²) in [5.41, 5.74) is 8.42. The van der Waals surface area contributed by atoms with Crippen LogP contribution in [0.15, 0.2) is 6.07 Å². The highest BCUT2D eigenvalue weighted by molar-refractivity contribution is 14.1. The monoisotopic (exact) mass is 248 g/mol. The van der Waals surface area contributed by atoms with E-state index >= 15 is 0 Å². The van der Waals surface area contributed by atoms with Gasteiger partial charge >= 0.3 is 0 Å². The third-order valence-electron chi connectivity index (χ3n) is 1.33. The van der Waals surface area contributed by atoms with Crippen LogP contribution in [-0.4, -0.2) is 4.98 Å². The van der Waals surface area contributed by atoms with Gasteiger partial charge < -0.3 is 5.73 Å². The smallest absolute Gasteiger partial charge is 0.0666 e. The second-order valence-electron chi connectivity index (χ2n) is 2.24. The van der Waals surface area contributed by atoms with Crippen molar-refractivity contribution in [1.82, 2.24) is 4.98 Å². The Labute approximate surface area is 74.0 Å². The minimum absolute atomic E-state index is 0.797. The zero-order valence-corrected chi connectivity index (χ0v) is 8.14. The van der Waals surface area contributed by atoms with Crippen molar-refractivity contribution in [2.24, 2.45) is 0 Å².